The van der Waals surface area contributed by atoms with E-state index in [2.05, 4.69) is 39.5 Å². The van der Waals surface area contributed by atoms with Crippen LogP contribution < -0.4 is 10.2 Å². The fourth-order valence-electron chi connectivity index (χ4n) is 2.22. The molecule has 1 aromatic rings. The number of hydrogen-bond acceptors (Lipinski definition) is 4. The van der Waals surface area contributed by atoms with Gasteiger partial charge in [0.25, 0.3) is 0 Å². The first kappa shape index (κ1) is 11.3. The van der Waals surface area contributed by atoms with Gasteiger partial charge >= 0.3 is 0 Å². The predicted octanol–water partition coefficient (Wildman–Crippen LogP) is 1.57. The molecule has 0 aromatic carbocycles. The summed E-state index contributed by atoms with van der Waals surface area (Å²) in [6, 6.07) is 4.74. The second kappa shape index (κ2) is 5.25. The van der Waals surface area contributed by atoms with E-state index < -0.39 is 0 Å². The molecule has 0 spiro atoms. The van der Waals surface area contributed by atoms with E-state index >= 15 is 0 Å². The average Bonchev–Trinajstić information content (AvgIpc) is 2.31. The van der Waals surface area contributed by atoms with Gasteiger partial charge in [0.15, 0.2) is 5.82 Å². The van der Waals surface area contributed by atoms with Crippen molar-refractivity contribution in [2.45, 2.75) is 38.8 Å². The Kier molecular flexibility index (Phi) is 3.72. The van der Waals surface area contributed by atoms with Crippen molar-refractivity contribution in [1.29, 1.82) is 0 Å². The summed E-state index contributed by atoms with van der Waals surface area (Å²) < 4.78 is 0. The first-order chi connectivity index (χ1) is 7.81. The van der Waals surface area contributed by atoms with Gasteiger partial charge in [-0.25, -0.2) is 0 Å². The van der Waals surface area contributed by atoms with Crippen molar-refractivity contribution >= 4 is 5.82 Å². The van der Waals surface area contributed by atoms with E-state index in [0.29, 0.717) is 6.04 Å². The molecule has 1 aliphatic heterocycles. The highest BCUT2D eigenvalue weighted by atomic mass is 15.3. The van der Waals surface area contributed by atoms with Gasteiger partial charge < -0.3 is 10.2 Å². The van der Waals surface area contributed by atoms with Gasteiger partial charge in [-0.3, -0.25) is 0 Å². The molecule has 2 heterocycles. The summed E-state index contributed by atoms with van der Waals surface area (Å²) in [5.41, 5.74) is 0.996. The van der Waals surface area contributed by atoms with Gasteiger partial charge in [0.2, 0.25) is 0 Å². The molecule has 0 radical (unpaired) electrons. The Bertz CT molecular complexity index is 322. The molecule has 0 bridgehead atoms. The molecule has 0 saturated carbocycles. The second-order valence-corrected chi connectivity index (χ2v) is 4.45. The zero-order valence-electron chi connectivity index (χ0n) is 10.1. The van der Waals surface area contributed by atoms with Crippen molar-refractivity contribution in [3.63, 3.8) is 0 Å². The lowest BCUT2D eigenvalue weighted by Crippen LogP contribution is -2.38. The van der Waals surface area contributed by atoms with E-state index in [-0.39, 0.29) is 0 Å². The molecular formula is C12H20N4. The molecule has 4 heteroatoms. The van der Waals surface area contributed by atoms with Gasteiger partial charge in [0.1, 0.15) is 0 Å². The Morgan fingerprint density at radius 1 is 1.38 bits per heavy atom. The fraction of sp³-hybridized carbons (Fsp3) is 0.667. The molecule has 1 unspecified atom stereocenters. The molecule has 1 N–H and O–H groups in total. The number of hydrogen-bond donors (Lipinski definition) is 1. The van der Waals surface area contributed by atoms with Crippen molar-refractivity contribution < 1.29 is 0 Å². The van der Waals surface area contributed by atoms with Crippen LogP contribution in [0.25, 0.3) is 0 Å². The van der Waals surface area contributed by atoms with Crippen LogP contribution in [0.2, 0.25) is 0 Å². The summed E-state index contributed by atoms with van der Waals surface area (Å²) >= 11 is 0. The van der Waals surface area contributed by atoms with E-state index in [1.165, 1.54) is 19.3 Å². The maximum atomic E-state index is 4.31. The predicted molar refractivity (Wildman–Crippen MR) is 65.5 cm³/mol. The quantitative estimate of drug-likeness (QED) is 0.839. The van der Waals surface area contributed by atoms with E-state index in [0.717, 1.165) is 24.6 Å². The highest BCUT2D eigenvalue weighted by molar-refractivity contribution is 5.39. The number of aromatic nitrogens is 2. The SMILES string of the molecule is CNCc1ccc(N2CCCCC2C)nn1. The normalized spacial score (nSPS) is 21.1. The van der Waals surface area contributed by atoms with Crippen LogP contribution in [-0.2, 0) is 6.54 Å². The topological polar surface area (TPSA) is 41.0 Å². The van der Waals surface area contributed by atoms with E-state index in [9.17, 15) is 0 Å². The molecule has 1 aromatic heterocycles. The molecule has 16 heavy (non-hydrogen) atoms. The molecule has 1 saturated heterocycles. The molecule has 4 nitrogen and oxygen atoms in total. The average molecular weight is 220 g/mol. The number of nitrogens with one attached hydrogen (secondary N) is 1. The van der Waals surface area contributed by atoms with Crippen molar-refractivity contribution in [3.8, 4) is 0 Å². The van der Waals surface area contributed by atoms with Crippen molar-refractivity contribution in [3.05, 3.63) is 17.8 Å². The van der Waals surface area contributed by atoms with Crippen LogP contribution in [0.5, 0.6) is 0 Å². The van der Waals surface area contributed by atoms with Gasteiger partial charge in [-0.05, 0) is 45.4 Å². The minimum Gasteiger partial charge on any atom is -0.352 e. The van der Waals surface area contributed by atoms with Crippen LogP contribution in [0, 0.1) is 0 Å². The highest BCUT2D eigenvalue weighted by Gasteiger charge is 2.19. The number of nitrogens with zero attached hydrogens (tertiary/aromatic N) is 3. The minimum atomic E-state index is 0.596. The molecule has 1 fully saturated rings. The number of anilines is 1. The summed E-state index contributed by atoms with van der Waals surface area (Å²) in [4.78, 5) is 2.36. The monoisotopic (exact) mass is 220 g/mol. The Morgan fingerprint density at radius 2 is 2.25 bits per heavy atom. The third-order valence-electron chi connectivity index (χ3n) is 3.16. The van der Waals surface area contributed by atoms with Gasteiger partial charge in [-0.15, -0.1) is 5.10 Å². The minimum absolute atomic E-state index is 0.596. The molecule has 2 rings (SSSR count). The lowest BCUT2D eigenvalue weighted by atomic mass is 10.0. The van der Waals surface area contributed by atoms with Crippen molar-refractivity contribution in [2.24, 2.45) is 0 Å². The summed E-state index contributed by atoms with van der Waals surface area (Å²) in [6.07, 6.45) is 3.87. The van der Waals surface area contributed by atoms with Crippen LogP contribution in [0.4, 0.5) is 5.82 Å². The first-order valence-electron chi connectivity index (χ1n) is 6.05. The highest BCUT2D eigenvalue weighted by Crippen LogP contribution is 2.21. The maximum absolute atomic E-state index is 4.31. The van der Waals surface area contributed by atoms with Gasteiger partial charge in [-0.2, -0.15) is 5.10 Å². The summed E-state index contributed by atoms with van der Waals surface area (Å²) in [5, 5.41) is 11.6. The van der Waals surface area contributed by atoms with Crippen LogP contribution in [0.3, 0.4) is 0 Å². The molecule has 0 aliphatic carbocycles. The Balaban J connectivity index is 2.08. The fourth-order valence-corrected chi connectivity index (χ4v) is 2.22. The van der Waals surface area contributed by atoms with Gasteiger partial charge in [0, 0.05) is 19.1 Å². The van der Waals surface area contributed by atoms with Crippen LogP contribution in [-0.4, -0.2) is 29.8 Å². The largest absolute Gasteiger partial charge is 0.352 e. The van der Waals surface area contributed by atoms with Gasteiger partial charge in [-0.1, -0.05) is 0 Å². The number of rotatable bonds is 3. The van der Waals surface area contributed by atoms with Crippen LogP contribution >= 0.6 is 0 Å². The third kappa shape index (κ3) is 2.50. The standard InChI is InChI=1S/C12H20N4/c1-10-5-3-4-8-16(10)12-7-6-11(9-13-2)14-15-12/h6-7,10,13H,3-5,8-9H2,1-2H3. The van der Waals surface area contributed by atoms with Crippen molar-refractivity contribution in [2.75, 3.05) is 18.5 Å². The smallest absolute Gasteiger partial charge is 0.151 e. The Morgan fingerprint density at radius 3 is 2.88 bits per heavy atom. The van der Waals surface area contributed by atoms with Gasteiger partial charge in [0.05, 0.1) is 5.69 Å². The first-order valence-corrected chi connectivity index (χ1v) is 6.05. The zero-order valence-corrected chi connectivity index (χ0v) is 10.1. The van der Waals surface area contributed by atoms with Crippen molar-refractivity contribution in [1.82, 2.24) is 15.5 Å². The van der Waals surface area contributed by atoms with E-state index in [4.69, 9.17) is 0 Å². The van der Waals surface area contributed by atoms with Crippen LogP contribution in [0.1, 0.15) is 31.9 Å². The molecule has 88 valence electrons. The molecular weight excluding hydrogens is 200 g/mol. The summed E-state index contributed by atoms with van der Waals surface area (Å²) in [7, 11) is 1.92. The Labute approximate surface area is 97.1 Å². The van der Waals surface area contributed by atoms with E-state index in [1.54, 1.807) is 0 Å². The number of piperidine rings is 1. The second-order valence-electron chi connectivity index (χ2n) is 4.45. The molecule has 1 atom stereocenters. The Hall–Kier alpha value is -1.16. The molecule has 1 aliphatic rings. The van der Waals surface area contributed by atoms with Crippen LogP contribution in [0.15, 0.2) is 12.1 Å². The third-order valence-corrected chi connectivity index (χ3v) is 3.16. The molecule has 0 amide bonds. The maximum Gasteiger partial charge on any atom is 0.151 e. The lowest BCUT2D eigenvalue weighted by Gasteiger charge is -2.33. The van der Waals surface area contributed by atoms with E-state index in [1.807, 2.05) is 7.05 Å². The summed E-state index contributed by atoms with van der Waals surface area (Å²) in [5.74, 6) is 1.02. The summed E-state index contributed by atoms with van der Waals surface area (Å²) in [6.45, 7) is 4.16. The lowest BCUT2D eigenvalue weighted by molar-refractivity contribution is 0.479. The zero-order chi connectivity index (χ0) is 11.4.